The summed E-state index contributed by atoms with van der Waals surface area (Å²) >= 11 is 0. The number of ether oxygens (including phenoxy) is 1. The number of nitrogens with zero attached hydrogens (tertiary/aromatic N) is 1. The van der Waals surface area contributed by atoms with Crippen LogP contribution in [-0.2, 0) is 43.1 Å². The number of hydrogen-bond donors (Lipinski definition) is 5. The quantitative estimate of drug-likeness (QED) is 0.0863. The molecule has 3 aromatic carbocycles. The van der Waals surface area contributed by atoms with Crippen molar-refractivity contribution in [3.63, 3.8) is 0 Å². The zero-order valence-electron chi connectivity index (χ0n) is 27.4. The van der Waals surface area contributed by atoms with Gasteiger partial charge >= 0.3 is 12.1 Å². The van der Waals surface area contributed by atoms with Crippen molar-refractivity contribution >= 4 is 47.9 Å². The topological polar surface area (TPSA) is 195 Å². The summed E-state index contributed by atoms with van der Waals surface area (Å²) in [6.45, 7) is 4.87. The van der Waals surface area contributed by atoms with E-state index in [4.69, 9.17) is 9.26 Å². The molecule has 1 aromatic heterocycles. The third kappa shape index (κ3) is 11.2. The fraction of sp³-hybridized carbons (Fsp3) is 0.314. The average Bonchev–Trinajstić information content (AvgIpc) is 3.59. The van der Waals surface area contributed by atoms with E-state index in [0.717, 1.165) is 21.9 Å². The number of imidazole rings is 1. The number of aromatic amines is 1. The van der Waals surface area contributed by atoms with E-state index in [1.807, 2.05) is 74.5 Å². The SMILES string of the molecule is C/C(C(=O)O)=[P+](/[O-])O[C@@H](CC(C)C)NC(=O)[C@H](Cc1cnc[nH]1)NC(=O)[C@@H](Cc1cccc2ccccc12)NC(=O)OCc1ccccc1. The predicted molar refractivity (Wildman–Crippen MR) is 183 cm³/mol. The number of amides is 3. The highest BCUT2D eigenvalue weighted by Crippen LogP contribution is 2.23. The van der Waals surface area contributed by atoms with Crippen molar-refractivity contribution in [1.82, 2.24) is 25.9 Å². The summed E-state index contributed by atoms with van der Waals surface area (Å²) in [6, 6.07) is 20.0. The smallest absolute Gasteiger partial charge is 0.408 e. The molecule has 4 atom stereocenters. The highest BCUT2D eigenvalue weighted by Gasteiger charge is 2.31. The third-order valence-electron chi connectivity index (χ3n) is 7.53. The van der Waals surface area contributed by atoms with Gasteiger partial charge in [-0.15, -0.1) is 0 Å². The first-order chi connectivity index (χ1) is 23.5. The molecule has 4 rings (SSSR count). The van der Waals surface area contributed by atoms with Gasteiger partial charge in [-0.25, -0.2) is 14.6 Å². The molecule has 0 fully saturated rings. The summed E-state index contributed by atoms with van der Waals surface area (Å²) in [5, 5.41) is 18.8. The van der Waals surface area contributed by atoms with Crippen LogP contribution in [0.5, 0.6) is 0 Å². The number of aromatic nitrogens is 2. The van der Waals surface area contributed by atoms with Gasteiger partial charge < -0.3 is 35.7 Å². The second kappa shape index (κ2) is 17.9. The first kappa shape index (κ1) is 36.7. The van der Waals surface area contributed by atoms with Crippen molar-refractivity contribution in [3.05, 3.63) is 102 Å². The van der Waals surface area contributed by atoms with E-state index in [9.17, 15) is 29.2 Å². The molecule has 13 nitrogen and oxygen atoms in total. The number of fused-ring (bicyclic) bond motifs is 1. The Bertz CT molecular complexity index is 1760. The second-order valence-electron chi connectivity index (χ2n) is 11.8. The van der Waals surface area contributed by atoms with Crippen molar-refractivity contribution in [2.24, 2.45) is 5.92 Å². The highest BCUT2D eigenvalue weighted by atomic mass is 31.1. The van der Waals surface area contributed by atoms with Crippen LogP contribution < -0.4 is 20.8 Å². The normalized spacial score (nSPS) is 13.6. The Kier molecular flexibility index (Phi) is 13.4. The molecule has 1 unspecified atom stereocenters. The second-order valence-corrected chi connectivity index (χ2v) is 13.2. The first-order valence-corrected chi connectivity index (χ1v) is 16.9. The van der Waals surface area contributed by atoms with Gasteiger partial charge in [0.2, 0.25) is 25.1 Å². The zero-order valence-corrected chi connectivity index (χ0v) is 28.3. The Labute approximate surface area is 285 Å². The maximum Gasteiger partial charge on any atom is 0.408 e. The third-order valence-corrected chi connectivity index (χ3v) is 8.72. The molecule has 3 amide bonds. The number of carboxylic acids is 1. The fourth-order valence-corrected chi connectivity index (χ4v) is 5.68. The number of rotatable bonds is 16. The number of carbonyl (C=O) groups is 4. The van der Waals surface area contributed by atoms with Gasteiger partial charge in [-0.3, -0.25) is 9.59 Å². The molecular formula is C35H40N5O8P. The van der Waals surface area contributed by atoms with Gasteiger partial charge in [0.25, 0.3) is 0 Å². The van der Waals surface area contributed by atoms with Gasteiger partial charge in [0.15, 0.2) is 6.23 Å². The molecule has 5 N–H and O–H groups in total. The van der Waals surface area contributed by atoms with Gasteiger partial charge in [0.1, 0.15) is 18.7 Å². The number of aliphatic carboxylic acids is 1. The number of alkyl carbamates (subject to hydrolysis) is 1. The minimum Gasteiger partial charge on any atom is -0.602 e. The van der Waals surface area contributed by atoms with Crippen LogP contribution in [0.15, 0.2) is 85.3 Å². The van der Waals surface area contributed by atoms with Crippen molar-refractivity contribution in [3.8, 4) is 0 Å². The molecule has 0 aliphatic carbocycles. The largest absolute Gasteiger partial charge is 0.602 e. The van der Waals surface area contributed by atoms with Crippen molar-refractivity contribution < 1.29 is 38.4 Å². The molecule has 49 heavy (non-hydrogen) atoms. The molecule has 0 spiro atoms. The van der Waals surface area contributed by atoms with Gasteiger partial charge in [-0.2, -0.15) is 4.52 Å². The van der Waals surface area contributed by atoms with Crippen LogP contribution in [0.25, 0.3) is 10.8 Å². The number of carboxylic acid groups (broad SMARTS) is 1. The first-order valence-electron chi connectivity index (χ1n) is 15.7. The predicted octanol–water partition coefficient (Wildman–Crippen LogP) is 3.58. The standard InChI is InChI=1S/C35H40N5O8P/c1-22(2)16-31(48-49(46)23(3)34(43)44)40-33(42)30(18-27-19-36-21-37-27)38-32(41)29(39-35(45)47-20-24-10-5-4-6-11-24)17-26-14-9-13-25-12-7-8-15-28(25)26/h4-15,19,21-22,29-31H,16-18,20H2,1-3H3,(H,36,37)(H,38,41)(H,39,45)(H,40,42)(H,43,44)/t29-,30+,31+/m1/s1. The van der Waals surface area contributed by atoms with Crippen molar-refractivity contribution in [1.29, 1.82) is 0 Å². The van der Waals surface area contributed by atoms with Gasteiger partial charge in [-0.1, -0.05) is 86.6 Å². The van der Waals surface area contributed by atoms with Crippen molar-refractivity contribution in [2.45, 2.75) is 65.0 Å². The van der Waals surface area contributed by atoms with Crippen LogP contribution >= 0.6 is 8.00 Å². The Hall–Kier alpha value is -5.10. The molecule has 0 aliphatic rings. The molecule has 14 heteroatoms. The van der Waals surface area contributed by atoms with Crippen LogP contribution in [0.2, 0.25) is 0 Å². The van der Waals surface area contributed by atoms with E-state index in [1.165, 1.54) is 19.4 Å². The lowest BCUT2D eigenvalue weighted by molar-refractivity contribution is -0.177. The summed E-state index contributed by atoms with van der Waals surface area (Å²) in [5.74, 6) is -2.75. The van der Waals surface area contributed by atoms with Crippen LogP contribution in [-0.4, -0.2) is 62.6 Å². The molecule has 4 aromatic rings. The molecule has 0 saturated heterocycles. The average molecular weight is 690 g/mol. The zero-order chi connectivity index (χ0) is 35.3. The summed E-state index contributed by atoms with van der Waals surface area (Å²) in [5.41, 5.74) is 2.08. The minimum atomic E-state index is -2.75. The maximum absolute atomic E-state index is 14.0. The monoisotopic (exact) mass is 689 g/mol. The van der Waals surface area contributed by atoms with Crippen LogP contribution in [0.4, 0.5) is 4.79 Å². The Morgan fingerprint density at radius 2 is 1.57 bits per heavy atom. The van der Waals surface area contributed by atoms with Crippen LogP contribution in [0.3, 0.4) is 0 Å². The lowest BCUT2D eigenvalue weighted by Gasteiger charge is -2.25. The van der Waals surface area contributed by atoms with Crippen molar-refractivity contribution in [2.75, 3.05) is 0 Å². The summed E-state index contributed by atoms with van der Waals surface area (Å²) < 4.78 is 10.9. The summed E-state index contributed by atoms with van der Waals surface area (Å²) in [7, 11) is -2.75. The molecule has 258 valence electrons. The van der Waals surface area contributed by atoms with E-state index in [-0.39, 0.29) is 31.8 Å². The molecule has 0 bridgehead atoms. The Morgan fingerprint density at radius 1 is 0.898 bits per heavy atom. The van der Waals surface area contributed by atoms with Gasteiger partial charge in [0, 0.05) is 31.7 Å². The molecule has 0 aliphatic heterocycles. The van der Waals surface area contributed by atoms with Gasteiger partial charge in [-0.05, 0) is 34.2 Å². The lowest BCUT2D eigenvalue weighted by Crippen LogP contribution is -2.56. The number of nitrogens with one attached hydrogen (secondary N) is 4. The summed E-state index contributed by atoms with van der Waals surface area (Å²) in [6.07, 6.45) is 1.27. The maximum atomic E-state index is 14.0. The lowest BCUT2D eigenvalue weighted by atomic mass is 9.98. The Morgan fingerprint density at radius 3 is 2.27 bits per heavy atom. The van der Waals surface area contributed by atoms with E-state index in [2.05, 4.69) is 25.9 Å². The van der Waals surface area contributed by atoms with E-state index >= 15 is 0 Å². The van der Waals surface area contributed by atoms with Gasteiger partial charge in [0.05, 0.1) is 6.33 Å². The molecule has 1 heterocycles. The molecule has 0 radical (unpaired) electrons. The molecular weight excluding hydrogens is 649 g/mol. The van der Waals surface area contributed by atoms with Crippen LogP contribution in [0.1, 0.15) is 44.0 Å². The number of hydrogen-bond acceptors (Lipinski definition) is 8. The fourth-order valence-electron chi connectivity index (χ4n) is 4.99. The number of H-pyrrole nitrogens is 1. The van der Waals surface area contributed by atoms with E-state index < -0.39 is 55.5 Å². The Balaban J connectivity index is 1.58. The summed E-state index contributed by atoms with van der Waals surface area (Å²) in [4.78, 5) is 71.6. The minimum absolute atomic E-state index is 0.0155. The number of carbonyl (C=O) groups excluding carboxylic acids is 3. The number of benzene rings is 3. The molecule has 0 saturated carbocycles. The highest BCUT2D eigenvalue weighted by molar-refractivity contribution is 7.49. The van der Waals surface area contributed by atoms with E-state index in [0.29, 0.717) is 5.69 Å². The van der Waals surface area contributed by atoms with E-state index in [1.54, 1.807) is 12.1 Å². The van der Waals surface area contributed by atoms with Crippen LogP contribution in [0, 0.1) is 5.92 Å².